The van der Waals surface area contributed by atoms with Gasteiger partial charge in [-0.15, -0.1) is 11.3 Å². The summed E-state index contributed by atoms with van der Waals surface area (Å²) in [5.74, 6) is 0.0505. The van der Waals surface area contributed by atoms with Gasteiger partial charge in [-0.3, -0.25) is 9.78 Å². The van der Waals surface area contributed by atoms with E-state index < -0.39 is 0 Å². The number of aromatic nitrogens is 2. The molecule has 0 aliphatic heterocycles. The summed E-state index contributed by atoms with van der Waals surface area (Å²) in [6, 6.07) is 4.15. The highest BCUT2D eigenvalue weighted by Crippen LogP contribution is 2.28. The van der Waals surface area contributed by atoms with Crippen LogP contribution in [0, 0.1) is 0 Å². The van der Waals surface area contributed by atoms with Crippen molar-refractivity contribution in [2.75, 3.05) is 13.2 Å². The van der Waals surface area contributed by atoms with Gasteiger partial charge in [-0.1, -0.05) is 0 Å². The summed E-state index contributed by atoms with van der Waals surface area (Å²) in [6.07, 6.45) is 5.89. The third kappa shape index (κ3) is 3.46. The molecule has 0 aromatic carbocycles. The van der Waals surface area contributed by atoms with Crippen molar-refractivity contribution in [1.29, 1.82) is 0 Å². The first-order chi connectivity index (χ1) is 10.3. The van der Waals surface area contributed by atoms with E-state index in [1.165, 1.54) is 11.3 Å². The van der Waals surface area contributed by atoms with Gasteiger partial charge in [-0.25, -0.2) is 4.98 Å². The molecule has 0 bridgehead atoms. The molecule has 2 aromatic heterocycles. The van der Waals surface area contributed by atoms with Crippen molar-refractivity contribution in [2.24, 2.45) is 0 Å². The molecule has 6 heteroatoms. The highest BCUT2D eigenvalue weighted by molar-refractivity contribution is 7.13. The third-order valence-electron chi connectivity index (χ3n) is 3.44. The summed E-state index contributed by atoms with van der Waals surface area (Å²) in [5, 5.41) is 11.9. The van der Waals surface area contributed by atoms with Crippen LogP contribution in [0.5, 0.6) is 0 Å². The molecule has 1 saturated carbocycles. The van der Waals surface area contributed by atoms with Crippen molar-refractivity contribution in [3.63, 3.8) is 0 Å². The molecule has 2 aromatic rings. The van der Waals surface area contributed by atoms with Crippen LogP contribution in [0.4, 0.5) is 0 Å². The van der Waals surface area contributed by atoms with E-state index in [1.54, 1.807) is 17.3 Å². The van der Waals surface area contributed by atoms with Gasteiger partial charge >= 0.3 is 0 Å². The van der Waals surface area contributed by atoms with Crippen LogP contribution in [-0.4, -0.2) is 45.1 Å². The largest absolute Gasteiger partial charge is 0.395 e. The van der Waals surface area contributed by atoms with Crippen LogP contribution in [-0.2, 0) is 11.2 Å². The molecular formula is C15H17N3O2S. The molecule has 1 N–H and O–H groups in total. The Bertz CT molecular complexity index is 610. The molecule has 3 rings (SSSR count). The van der Waals surface area contributed by atoms with Gasteiger partial charge in [0.1, 0.15) is 5.01 Å². The lowest BCUT2D eigenvalue weighted by molar-refractivity contribution is -0.131. The number of hydrogen-bond donors (Lipinski definition) is 1. The first kappa shape index (κ1) is 14.2. The number of pyridine rings is 1. The number of aliphatic hydroxyl groups is 1. The number of carbonyl (C=O) groups excluding carboxylic acids is 1. The quantitative estimate of drug-likeness (QED) is 0.882. The molecule has 1 amide bonds. The Morgan fingerprint density at radius 2 is 2.33 bits per heavy atom. The number of amides is 1. The maximum Gasteiger partial charge on any atom is 0.228 e. The number of rotatable bonds is 6. The average Bonchev–Trinajstić information content (AvgIpc) is 3.24. The fourth-order valence-corrected chi connectivity index (χ4v) is 3.08. The van der Waals surface area contributed by atoms with Crippen LogP contribution in [0.1, 0.15) is 18.5 Å². The number of thiazole rings is 1. The summed E-state index contributed by atoms with van der Waals surface area (Å²) in [7, 11) is 0. The summed E-state index contributed by atoms with van der Waals surface area (Å²) in [6.45, 7) is 0.434. The van der Waals surface area contributed by atoms with Crippen molar-refractivity contribution in [2.45, 2.75) is 25.3 Å². The number of aliphatic hydroxyl groups excluding tert-OH is 1. The van der Waals surface area contributed by atoms with E-state index in [1.807, 2.05) is 17.5 Å². The van der Waals surface area contributed by atoms with Gasteiger partial charge in [0.05, 0.1) is 18.7 Å². The minimum Gasteiger partial charge on any atom is -0.395 e. The lowest BCUT2D eigenvalue weighted by atomic mass is 10.2. The second-order valence-corrected chi connectivity index (χ2v) is 5.96. The number of hydrogen-bond acceptors (Lipinski definition) is 5. The zero-order valence-corrected chi connectivity index (χ0v) is 12.4. The fourth-order valence-electron chi connectivity index (χ4n) is 2.27. The summed E-state index contributed by atoms with van der Waals surface area (Å²) in [4.78, 5) is 22.7. The summed E-state index contributed by atoms with van der Waals surface area (Å²) < 4.78 is 0. The summed E-state index contributed by atoms with van der Waals surface area (Å²) >= 11 is 1.52. The van der Waals surface area contributed by atoms with Gasteiger partial charge in [0.2, 0.25) is 5.91 Å². The fraction of sp³-hybridized carbons (Fsp3) is 0.400. The first-order valence-corrected chi connectivity index (χ1v) is 7.91. The normalized spacial score (nSPS) is 14.1. The van der Waals surface area contributed by atoms with E-state index >= 15 is 0 Å². The minimum absolute atomic E-state index is 0.0141. The van der Waals surface area contributed by atoms with Crippen molar-refractivity contribution >= 4 is 17.2 Å². The third-order valence-corrected chi connectivity index (χ3v) is 4.38. The minimum atomic E-state index is 0.0141. The molecule has 0 spiro atoms. The highest BCUT2D eigenvalue weighted by Gasteiger charge is 2.32. The predicted molar refractivity (Wildman–Crippen MR) is 80.9 cm³/mol. The van der Waals surface area contributed by atoms with Gasteiger partial charge < -0.3 is 10.0 Å². The van der Waals surface area contributed by atoms with E-state index in [0.717, 1.165) is 29.1 Å². The van der Waals surface area contributed by atoms with Gasteiger partial charge in [0, 0.05) is 35.9 Å². The Hall–Kier alpha value is -1.79. The SMILES string of the molecule is O=C(Cc1csc(-c2cccnc2)n1)N(CCO)C1CC1. The second kappa shape index (κ2) is 6.32. The maximum absolute atomic E-state index is 12.3. The van der Waals surface area contributed by atoms with Crippen LogP contribution in [0.25, 0.3) is 10.6 Å². The molecule has 110 valence electrons. The van der Waals surface area contributed by atoms with Crippen molar-refractivity contribution in [3.05, 3.63) is 35.6 Å². The van der Waals surface area contributed by atoms with Crippen molar-refractivity contribution < 1.29 is 9.90 Å². The lowest BCUT2D eigenvalue weighted by Crippen LogP contribution is -2.36. The number of nitrogens with zero attached hydrogens (tertiary/aromatic N) is 3. The highest BCUT2D eigenvalue weighted by atomic mass is 32.1. The number of carbonyl (C=O) groups is 1. The average molecular weight is 303 g/mol. The molecule has 21 heavy (non-hydrogen) atoms. The molecule has 0 saturated heterocycles. The first-order valence-electron chi connectivity index (χ1n) is 7.03. The summed E-state index contributed by atoms with van der Waals surface area (Å²) in [5.41, 5.74) is 1.75. The Kier molecular flexibility index (Phi) is 4.26. The molecule has 0 atom stereocenters. The van der Waals surface area contributed by atoms with Crippen molar-refractivity contribution in [1.82, 2.24) is 14.9 Å². The zero-order chi connectivity index (χ0) is 14.7. The van der Waals surface area contributed by atoms with Gasteiger partial charge in [-0.2, -0.15) is 0 Å². The Balaban J connectivity index is 1.68. The second-order valence-electron chi connectivity index (χ2n) is 5.10. The molecular weight excluding hydrogens is 286 g/mol. The monoisotopic (exact) mass is 303 g/mol. The van der Waals surface area contributed by atoms with E-state index in [-0.39, 0.29) is 12.5 Å². The molecule has 0 radical (unpaired) electrons. The van der Waals surface area contributed by atoms with E-state index in [4.69, 9.17) is 5.11 Å². The van der Waals surface area contributed by atoms with Crippen LogP contribution >= 0.6 is 11.3 Å². The van der Waals surface area contributed by atoms with Crippen LogP contribution in [0.3, 0.4) is 0 Å². The molecule has 2 heterocycles. The van der Waals surface area contributed by atoms with Crippen LogP contribution in [0.2, 0.25) is 0 Å². The van der Waals surface area contributed by atoms with Gasteiger partial charge in [0.15, 0.2) is 0 Å². The van der Waals surface area contributed by atoms with E-state index in [9.17, 15) is 4.79 Å². The topological polar surface area (TPSA) is 66.3 Å². The predicted octanol–water partition coefficient (Wildman–Crippen LogP) is 1.73. The Morgan fingerprint density at radius 1 is 1.48 bits per heavy atom. The molecule has 1 aliphatic carbocycles. The Labute approximate surface area is 127 Å². The zero-order valence-electron chi connectivity index (χ0n) is 11.6. The molecule has 5 nitrogen and oxygen atoms in total. The van der Waals surface area contributed by atoms with Crippen LogP contribution < -0.4 is 0 Å². The van der Waals surface area contributed by atoms with Gasteiger partial charge in [-0.05, 0) is 25.0 Å². The van der Waals surface area contributed by atoms with E-state index in [2.05, 4.69) is 9.97 Å². The maximum atomic E-state index is 12.3. The van der Waals surface area contributed by atoms with Gasteiger partial charge in [0.25, 0.3) is 0 Å². The molecule has 1 aliphatic rings. The van der Waals surface area contributed by atoms with Crippen LogP contribution in [0.15, 0.2) is 29.9 Å². The van der Waals surface area contributed by atoms with Crippen molar-refractivity contribution in [3.8, 4) is 10.6 Å². The smallest absolute Gasteiger partial charge is 0.228 e. The standard InChI is InChI=1S/C15H17N3O2S/c19-7-6-18(13-3-4-13)14(20)8-12-10-21-15(17-12)11-2-1-5-16-9-11/h1-2,5,9-10,13,19H,3-4,6-8H2. The molecule has 0 unspecified atom stereocenters. The lowest BCUT2D eigenvalue weighted by Gasteiger charge is -2.20. The Morgan fingerprint density at radius 3 is 3.00 bits per heavy atom. The molecule has 1 fully saturated rings. The van der Waals surface area contributed by atoms with E-state index in [0.29, 0.717) is 19.0 Å².